The zero-order valence-electron chi connectivity index (χ0n) is 11.8. The van der Waals surface area contributed by atoms with Crippen molar-refractivity contribution in [2.75, 3.05) is 19.5 Å². The van der Waals surface area contributed by atoms with E-state index < -0.39 is 23.8 Å². The minimum atomic E-state index is -1.28. The van der Waals surface area contributed by atoms with Crippen LogP contribution in [0.1, 0.15) is 20.7 Å². The van der Waals surface area contributed by atoms with Crippen LogP contribution < -0.4 is 5.32 Å². The van der Waals surface area contributed by atoms with E-state index in [1.54, 1.807) is 0 Å². The van der Waals surface area contributed by atoms with E-state index in [1.165, 1.54) is 32.4 Å². The monoisotopic (exact) mass is 307 g/mol. The Labute approximate surface area is 125 Å². The third-order valence-electron chi connectivity index (χ3n) is 2.42. The third kappa shape index (κ3) is 4.75. The Kier molecular flexibility index (Phi) is 5.82. The van der Waals surface area contributed by atoms with Crippen LogP contribution in [-0.2, 0) is 19.1 Å². The molecule has 1 rings (SSSR count). The maximum Gasteiger partial charge on any atom is 0.337 e. The number of rotatable bonds is 5. The van der Waals surface area contributed by atoms with Crippen molar-refractivity contribution in [1.29, 1.82) is 0 Å². The fourth-order valence-corrected chi connectivity index (χ4v) is 1.50. The smallest absolute Gasteiger partial charge is 0.337 e. The summed E-state index contributed by atoms with van der Waals surface area (Å²) in [6.07, 6.45) is 1.45. The Morgan fingerprint density at radius 3 is 1.86 bits per heavy atom. The number of methoxy groups -OCH3 is 2. The van der Waals surface area contributed by atoms with E-state index in [2.05, 4.69) is 14.8 Å². The quantitative estimate of drug-likeness (QED) is 0.611. The summed E-state index contributed by atoms with van der Waals surface area (Å²) in [4.78, 5) is 45.0. The van der Waals surface area contributed by atoms with Gasteiger partial charge in [0, 0.05) is 17.8 Å². The lowest BCUT2D eigenvalue weighted by Gasteiger charge is -2.08. The zero-order valence-corrected chi connectivity index (χ0v) is 11.8. The van der Waals surface area contributed by atoms with E-state index in [4.69, 9.17) is 5.11 Å². The van der Waals surface area contributed by atoms with Crippen LogP contribution in [0.25, 0.3) is 0 Å². The molecule has 8 heteroatoms. The lowest BCUT2D eigenvalue weighted by atomic mass is 10.1. The summed E-state index contributed by atoms with van der Waals surface area (Å²) in [5.74, 6) is -3.43. The summed E-state index contributed by atoms with van der Waals surface area (Å²) in [6, 6.07) is 3.82. The number of esters is 2. The number of amides is 1. The van der Waals surface area contributed by atoms with Gasteiger partial charge in [-0.3, -0.25) is 4.79 Å². The summed E-state index contributed by atoms with van der Waals surface area (Å²) in [5.41, 5.74) is 0.175. The highest BCUT2D eigenvalue weighted by Crippen LogP contribution is 2.17. The van der Waals surface area contributed by atoms with Crippen molar-refractivity contribution in [1.82, 2.24) is 0 Å². The molecule has 0 fully saturated rings. The lowest BCUT2D eigenvalue weighted by molar-refractivity contribution is -0.131. The second kappa shape index (κ2) is 7.58. The van der Waals surface area contributed by atoms with Crippen molar-refractivity contribution >= 4 is 29.5 Å². The van der Waals surface area contributed by atoms with Crippen LogP contribution in [0.15, 0.2) is 30.4 Å². The van der Waals surface area contributed by atoms with Gasteiger partial charge in [0.25, 0.3) is 0 Å². The molecule has 0 radical (unpaired) electrons. The molecule has 1 amide bonds. The second-order valence-electron chi connectivity index (χ2n) is 3.94. The van der Waals surface area contributed by atoms with Gasteiger partial charge >= 0.3 is 17.9 Å². The van der Waals surface area contributed by atoms with Gasteiger partial charge < -0.3 is 19.9 Å². The number of aliphatic carboxylic acids is 1. The molecule has 8 nitrogen and oxygen atoms in total. The predicted molar refractivity (Wildman–Crippen MR) is 74.5 cm³/mol. The molecule has 0 saturated heterocycles. The predicted octanol–water partition coefficient (Wildman–Crippen LogP) is 0.839. The maximum atomic E-state index is 11.6. The molecule has 1 aromatic rings. The Morgan fingerprint density at radius 2 is 1.45 bits per heavy atom. The van der Waals surface area contributed by atoms with Gasteiger partial charge in [-0.05, 0) is 18.2 Å². The molecule has 0 aliphatic carbocycles. The number of anilines is 1. The van der Waals surface area contributed by atoms with E-state index in [-0.39, 0.29) is 16.8 Å². The van der Waals surface area contributed by atoms with E-state index in [0.717, 1.165) is 6.08 Å². The highest BCUT2D eigenvalue weighted by Gasteiger charge is 2.14. The minimum absolute atomic E-state index is 0.0305. The summed E-state index contributed by atoms with van der Waals surface area (Å²) < 4.78 is 9.10. The highest BCUT2D eigenvalue weighted by atomic mass is 16.5. The normalized spacial score (nSPS) is 10.1. The van der Waals surface area contributed by atoms with Crippen molar-refractivity contribution < 1.29 is 33.8 Å². The number of nitrogens with one attached hydrogen (secondary N) is 1. The number of hydrogen-bond donors (Lipinski definition) is 2. The summed E-state index contributed by atoms with van der Waals surface area (Å²) >= 11 is 0. The van der Waals surface area contributed by atoms with E-state index in [9.17, 15) is 19.2 Å². The van der Waals surface area contributed by atoms with E-state index in [1.807, 2.05) is 0 Å². The second-order valence-corrected chi connectivity index (χ2v) is 3.94. The van der Waals surface area contributed by atoms with Crippen molar-refractivity contribution in [2.45, 2.75) is 0 Å². The average Bonchev–Trinajstić information content (AvgIpc) is 2.50. The van der Waals surface area contributed by atoms with Gasteiger partial charge in [0.05, 0.1) is 25.3 Å². The average molecular weight is 307 g/mol. The molecule has 0 bridgehead atoms. The molecule has 22 heavy (non-hydrogen) atoms. The number of hydrogen-bond acceptors (Lipinski definition) is 6. The third-order valence-corrected chi connectivity index (χ3v) is 2.42. The minimum Gasteiger partial charge on any atom is -0.478 e. The number of carbonyl (C=O) groups excluding carboxylic acids is 3. The molecule has 0 unspecified atom stereocenters. The van der Waals surface area contributed by atoms with Crippen molar-refractivity contribution in [3.05, 3.63) is 41.5 Å². The Balaban J connectivity index is 3.12. The molecule has 0 saturated carbocycles. The van der Waals surface area contributed by atoms with Gasteiger partial charge in [-0.15, -0.1) is 0 Å². The SMILES string of the molecule is COC(=O)c1cc(NC(=O)/C=C\C(=O)O)cc(C(=O)OC)c1. The number of carboxylic acids is 1. The Hall–Kier alpha value is -3.16. The van der Waals surface area contributed by atoms with Gasteiger partial charge in [-0.1, -0.05) is 0 Å². The van der Waals surface area contributed by atoms with Crippen molar-refractivity contribution in [3.63, 3.8) is 0 Å². The molecule has 0 spiro atoms. The molecular weight excluding hydrogens is 294 g/mol. The zero-order chi connectivity index (χ0) is 16.7. The van der Waals surface area contributed by atoms with Gasteiger partial charge in [-0.2, -0.15) is 0 Å². The van der Waals surface area contributed by atoms with E-state index in [0.29, 0.717) is 6.08 Å². The number of carboxylic acid groups (broad SMARTS) is 1. The summed E-state index contributed by atoms with van der Waals surface area (Å²) in [6.45, 7) is 0. The van der Waals surface area contributed by atoms with Crippen LogP contribution in [0.5, 0.6) is 0 Å². The largest absolute Gasteiger partial charge is 0.478 e. The van der Waals surface area contributed by atoms with Crippen LogP contribution in [-0.4, -0.2) is 43.1 Å². The van der Waals surface area contributed by atoms with E-state index >= 15 is 0 Å². The van der Waals surface area contributed by atoms with Gasteiger partial charge in [0.1, 0.15) is 0 Å². The summed E-state index contributed by atoms with van der Waals surface area (Å²) in [5, 5.41) is 10.8. The lowest BCUT2D eigenvalue weighted by Crippen LogP contribution is -2.12. The molecule has 0 atom stereocenters. The van der Waals surface area contributed by atoms with Gasteiger partial charge in [0.2, 0.25) is 5.91 Å². The van der Waals surface area contributed by atoms with Crippen LogP contribution in [0.3, 0.4) is 0 Å². The highest BCUT2D eigenvalue weighted by molar-refractivity contribution is 6.04. The van der Waals surface area contributed by atoms with Crippen LogP contribution in [0.2, 0.25) is 0 Å². The molecule has 0 aromatic heterocycles. The Morgan fingerprint density at radius 1 is 0.955 bits per heavy atom. The molecule has 0 aliphatic heterocycles. The first-order chi connectivity index (χ1) is 10.4. The summed E-state index contributed by atoms with van der Waals surface area (Å²) in [7, 11) is 2.34. The van der Waals surface area contributed by atoms with Crippen molar-refractivity contribution in [3.8, 4) is 0 Å². The fraction of sp³-hybridized carbons (Fsp3) is 0.143. The van der Waals surface area contributed by atoms with Gasteiger partial charge in [0.15, 0.2) is 0 Å². The first-order valence-electron chi connectivity index (χ1n) is 5.91. The standard InChI is InChI=1S/C14H13NO7/c1-21-13(19)8-5-9(14(20)22-2)7-10(6-8)15-11(16)3-4-12(17)18/h3-7H,1-2H3,(H,15,16)(H,17,18)/b4-3-. The molecule has 116 valence electrons. The topological polar surface area (TPSA) is 119 Å². The number of ether oxygens (including phenoxy) is 2. The maximum absolute atomic E-state index is 11.6. The number of benzene rings is 1. The molecular formula is C14H13NO7. The van der Waals surface area contributed by atoms with Crippen molar-refractivity contribution in [2.24, 2.45) is 0 Å². The van der Waals surface area contributed by atoms with Crippen LogP contribution in [0, 0.1) is 0 Å². The fourth-order valence-electron chi connectivity index (χ4n) is 1.50. The molecule has 0 heterocycles. The first kappa shape index (κ1) is 16.9. The van der Waals surface area contributed by atoms with Crippen LogP contribution >= 0.6 is 0 Å². The molecule has 0 aliphatic rings. The number of carbonyl (C=O) groups is 4. The van der Waals surface area contributed by atoms with Gasteiger partial charge in [-0.25, -0.2) is 14.4 Å². The molecule has 1 aromatic carbocycles. The molecule has 2 N–H and O–H groups in total. The van der Waals surface area contributed by atoms with Crippen LogP contribution in [0.4, 0.5) is 5.69 Å². The Bertz CT molecular complexity index is 614. The first-order valence-corrected chi connectivity index (χ1v) is 5.91.